The molecule has 4 nitrogen and oxygen atoms in total. The monoisotopic (exact) mass is 276 g/mol. The molecule has 0 spiro atoms. The highest BCUT2D eigenvalue weighted by atomic mass is 16.5. The van der Waals surface area contributed by atoms with Crippen LogP contribution in [0.5, 0.6) is 5.75 Å². The molecule has 1 unspecified atom stereocenters. The van der Waals surface area contributed by atoms with Gasteiger partial charge in [-0.05, 0) is 33.2 Å². The van der Waals surface area contributed by atoms with Gasteiger partial charge in [0.05, 0.1) is 12.7 Å². The Morgan fingerprint density at radius 3 is 2.80 bits per heavy atom. The molecular weight excluding hydrogens is 252 g/mol. The lowest BCUT2D eigenvalue weighted by atomic mass is 9.99. The molecule has 0 bridgehead atoms. The van der Waals surface area contributed by atoms with Gasteiger partial charge in [-0.2, -0.15) is 0 Å². The highest BCUT2D eigenvalue weighted by molar-refractivity contribution is 5.99. The van der Waals surface area contributed by atoms with Crippen molar-refractivity contribution < 1.29 is 9.53 Å². The number of ketones is 1. The number of Topliss-reactive ketones (excluding diaryl/α,β-unsaturated/α-hetero) is 1. The van der Waals surface area contributed by atoms with Gasteiger partial charge in [0, 0.05) is 32.1 Å². The van der Waals surface area contributed by atoms with Crippen molar-refractivity contribution in [2.45, 2.75) is 19.4 Å². The van der Waals surface area contributed by atoms with Crippen molar-refractivity contribution in [2.75, 3.05) is 40.8 Å². The fourth-order valence-electron chi connectivity index (χ4n) is 2.69. The Balaban J connectivity index is 2.13. The lowest BCUT2D eigenvalue weighted by molar-refractivity contribution is 0.0807. The van der Waals surface area contributed by atoms with Gasteiger partial charge in [0.2, 0.25) is 0 Å². The van der Waals surface area contributed by atoms with Gasteiger partial charge in [0.1, 0.15) is 5.75 Å². The minimum atomic E-state index is 0.165. The molecule has 0 saturated carbocycles. The molecular formula is C16H24N2O2. The number of piperazine rings is 1. The molecule has 110 valence electrons. The van der Waals surface area contributed by atoms with Crippen LogP contribution in [0.3, 0.4) is 0 Å². The van der Waals surface area contributed by atoms with E-state index >= 15 is 0 Å². The van der Waals surface area contributed by atoms with Gasteiger partial charge in [-0.1, -0.05) is 11.6 Å². The van der Waals surface area contributed by atoms with Crippen LogP contribution >= 0.6 is 0 Å². The molecule has 0 amide bonds. The lowest BCUT2D eigenvalue weighted by Gasteiger charge is -2.37. The molecule has 1 aromatic carbocycles. The number of aryl methyl sites for hydroxylation is 1. The largest absolute Gasteiger partial charge is 0.496 e. The second kappa shape index (κ2) is 6.37. The topological polar surface area (TPSA) is 32.8 Å². The van der Waals surface area contributed by atoms with Gasteiger partial charge in [-0.3, -0.25) is 4.79 Å². The third kappa shape index (κ3) is 3.38. The predicted octanol–water partition coefficient (Wildman–Crippen LogP) is 1.82. The van der Waals surface area contributed by atoms with E-state index in [4.69, 9.17) is 4.74 Å². The number of methoxy groups -OCH3 is 1. The van der Waals surface area contributed by atoms with E-state index in [1.165, 1.54) is 0 Å². The Morgan fingerprint density at radius 2 is 2.10 bits per heavy atom. The first kappa shape index (κ1) is 15.0. The molecule has 1 aromatic rings. The Kier molecular flexibility index (Phi) is 4.78. The molecule has 1 saturated heterocycles. The standard InChI is InChI=1S/C16H24N2O2/c1-12-5-6-16(20-4)14(9-12)15(19)10-13-11-17(2)7-8-18(13)3/h5-6,9,13H,7-8,10-11H2,1-4H3. The summed E-state index contributed by atoms with van der Waals surface area (Å²) in [6, 6.07) is 6.05. The smallest absolute Gasteiger partial charge is 0.168 e. The number of nitrogens with zero attached hydrogens (tertiary/aromatic N) is 2. The summed E-state index contributed by atoms with van der Waals surface area (Å²) in [6.07, 6.45) is 0.542. The fraction of sp³-hybridized carbons (Fsp3) is 0.562. The third-order valence-electron chi connectivity index (χ3n) is 4.06. The Hall–Kier alpha value is -1.39. The first-order chi connectivity index (χ1) is 9.51. The summed E-state index contributed by atoms with van der Waals surface area (Å²) in [6.45, 7) is 5.02. The van der Waals surface area contributed by atoms with E-state index in [-0.39, 0.29) is 11.8 Å². The minimum Gasteiger partial charge on any atom is -0.496 e. The molecule has 0 aromatic heterocycles. The molecule has 1 aliphatic heterocycles. The van der Waals surface area contributed by atoms with Gasteiger partial charge < -0.3 is 14.5 Å². The Morgan fingerprint density at radius 1 is 1.35 bits per heavy atom. The van der Waals surface area contributed by atoms with Crippen LogP contribution < -0.4 is 4.74 Å². The molecule has 2 rings (SSSR count). The quantitative estimate of drug-likeness (QED) is 0.785. The minimum absolute atomic E-state index is 0.165. The van der Waals surface area contributed by atoms with Crippen molar-refractivity contribution in [1.29, 1.82) is 0 Å². The van der Waals surface area contributed by atoms with E-state index in [0.29, 0.717) is 17.7 Å². The van der Waals surface area contributed by atoms with Crippen LogP contribution in [0, 0.1) is 6.92 Å². The maximum atomic E-state index is 12.6. The van der Waals surface area contributed by atoms with Crippen LogP contribution in [0.2, 0.25) is 0 Å². The summed E-state index contributed by atoms with van der Waals surface area (Å²) >= 11 is 0. The molecule has 20 heavy (non-hydrogen) atoms. The normalized spacial score (nSPS) is 20.9. The van der Waals surface area contributed by atoms with Gasteiger partial charge in [-0.15, -0.1) is 0 Å². The van der Waals surface area contributed by atoms with Crippen molar-refractivity contribution >= 4 is 5.78 Å². The molecule has 4 heteroatoms. The number of carbonyl (C=O) groups is 1. The van der Waals surface area contributed by atoms with E-state index < -0.39 is 0 Å². The summed E-state index contributed by atoms with van der Waals surface area (Å²) in [7, 11) is 5.82. The van der Waals surface area contributed by atoms with E-state index in [9.17, 15) is 4.79 Å². The lowest BCUT2D eigenvalue weighted by Crippen LogP contribution is -2.50. The number of rotatable bonds is 4. The second-order valence-electron chi connectivity index (χ2n) is 5.73. The summed E-state index contributed by atoms with van der Waals surface area (Å²) < 4.78 is 5.31. The Labute approximate surface area is 121 Å². The van der Waals surface area contributed by atoms with Crippen LogP contribution in [-0.4, -0.2) is 62.5 Å². The number of hydrogen-bond acceptors (Lipinski definition) is 4. The zero-order chi connectivity index (χ0) is 14.7. The van der Waals surface area contributed by atoms with Crippen molar-refractivity contribution in [2.24, 2.45) is 0 Å². The molecule has 0 aliphatic carbocycles. The number of ether oxygens (including phenoxy) is 1. The van der Waals surface area contributed by atoms with Crippen LogP contribution in [-0.2, 0) is 0 Å². The highest BCUT2D eigenvalue weighted by Gasteiger charge is 2.25. The summed E-state index contributed by atoms with van der Waals surface area (Å²) in [5.41, 5.74) is 1.79. The van der Waals surface area contributed by atoms with E-state index in [0.717, 1.165) is 25.2 Å². The highest BCUT2D eigenvalue weighted by Crippen LogP contribution is 2.23. The number of carbonyl (C=O) groups excluding carboxylic acids is 1. The molecule has 0 N–H and O–H groups in total. The number of hydrogen-bond donors (Lipinski definition) is 0. The zero-order valence-electron chi connectivity index (χ0n) is 12.8. The molecule has 1 heterocycles. The Bertz CT molecular complexity index is 487. The zero-order valence-corrected chi connectivity index (χ0v) is 12.8. The van der Waals surface area contributed by atoms with Gasteiger partial charge >= 0.3 is 0 Å². The second-order valence-corrected chi connectivity index (χ2v) is 5.73. The average molecular weight is 276 g/mol. The summed E-state index contributed by atoms with van der Waals surface area (Å²) in [5, 5.41) is 0. The van der Waals surface area contributed by atoms with Crippen molar-refractivity contribution in [3.63, 3.8) is 0 Å². The maximum absolute atomic E-state index is 12.6. The van der Waals surface area contributed by atoms with Gasteiger partial charge in [0.15, 0.2) is 5.78 Å². The number of benzene rings is 1. The molecule has 1 fully saturated rings. The number of likely N-dealkylation sites (N-methyl/N-ethyl adjacent to an activating group) is 2. The first-order valence-corrected chi connectivity index (χ1v) is 7.08. The third-order valence-corrected chi connectivity index (χ3v) is 4.06. The van der Waals surface area contributed by atoms with Crippen LogP contribution in [0.15, 0.2) is 18.2 Å². The molecule has 1 aliphatic rings. The van der Waals surface area contributed by atoms with Crippen LogP contribution in [0.4, 0.5) is 0 Å². The summed E-state index contributed by atoms with van der Waals surface area (Å²) in [4.78, 5) is 17.1. The SMILES string of the molecule is COc1ccc(C)cc1C(=O)CC1CN(C)CCN1C. The predicted molar refractivity (Wildman–Crippen MR) is 80.6 cm³/mol. The van der Waals surface area contributed by atoms with E-state index in [2.05, 4.69) is 23.9 Å². The van der Waals surface area contributed by atoms with Crippen molar-refractivity contribution in [3.8, 4) is 5.75 Å². The van der Waals surface area contributed by atoms with E-state index in [1.54, 1.807) is 7.11 Å². The molecule has 1 atom stereocenters. The maximum Gasteiger partial charge on any atom is 0.168 e. The van der Waals surface area contributed by atoms with Gasteiger partial charge in [0.25, 0.3) is 0 Å². The average Bonchev–Trinajstić information content (AvgIpc) is 2.42. The van der Waals surface area contributed by atoms with Crippen molar-refractivity contribution in [1.82, 2.24) is 9.80 Å². The first-order valence-electron chi connectivity index (χ1n) is 7.08. The fourth-order valence-corrected chi connectivity index (χ4v) is 2.69. The molecule has 0 radical (unpaired) electrons. The van der Waals surface area contributed by atoms with E-state index in [1.807, 2.05) is 25.1 Å². The van der Waals surface area contributed by atoms with Crippen LogP contribution in [0.25, 0.3) is 0 Å². The summed E-state index contributed by atoms with van der Waals surface area (Å²) in [5.74, 6) is 0.838. The van der Waals surface area contributed by atoms with Crippen molar-refractivity contribution in [3.05, 3.63) is 29.3 Å². The van der Waals surface area contributed by atoms with Gasteiger partial charge in [-0.25, -0.2) is 0 Å². The van der Waals surface area contributed by atoms with Crippen LogP contribution in [0.1, 0.15) is 22.3 Å².